The summed E-state index contributed by atoms with van der Waals surface area (Å²) in [6.07, 6.45) is 1.79. The summed E-state index contributed by atoms with van der Waals surface area (Å²) in [7, 11) is 0. The van der Waals surface area contributed by atoms with Gasteiger partial charge < -0.3 is 15.1 Å². The minimum Gasteiger partial charge on any atom is -0.345 e. The summed E-state index contributed by atoms with van der Waals surface area (Å²) < 4.78 is 13.2. The molecule has 0 bridgehead atoms. The van der Waals surface area contributed by atoms with Crippen molar-refractivity contribution >= 4 is 28.2 Å². The van der Waals surface area contributed by atoms with Gasteiger partial charge in [0, 0.05) is 43.4 Å². The number of urea groups is 1. The lowest BCUT2D eigenvalue weighted by Crippen LogP contribution is -2.50. The molecule has 1 aromatic heterocycles. The van der Waals surface area contributed by atoms with E-state index in [4.69, 9.17) is 0 Å². The normalized spacial score (nSPS) is 15.0. The maximum Gasteiger partial charge on any atom is 0.321 e. The zero-order valence-electron chi connectivity index (χ0n) is 12.3. The molecule has 1 aliphatic rings. The minimum absolute atomic E-state index is 0.148. The number of benzene rings is 1. The summed E-state index contributed by atoms with van der Waals surface area (Å²) in [6.45, 7) is 4.50. The first-order chi connectivity index (χ1) is 10.6. The van der Waals surface area contributed by atoms with Crippen LogP contribution >= 0.6 is 11.3 Å². The zero-order chi connectivity index (χ0) is 15.5. The molecule has 0 atom stereocenters. The van der Waals surface area contributed by atoms with Crippen LogP contribution in [0, 0.1) is 12.7 Å². The van der Waals surface area contributed by atoms with E-state index >= 15 is 0 Å². The van der Waals surface area contributed by atoms with Crippen molar-refractivity contribution in [1.82, 2.24) is 9.88 Å². The number of piperazine rings is 1. The molecule has 2 amide bonds. The molecule has 1 fully saturated rings. The number of hydrogen-bond acceptors (Lipinski definition) is 4. The Labute approximate surface area is 132 Å². The molecule has 0 spiro atoms. The number of rotatable bonds is 2. The van der Waals surface area contributed by atoms with Gasteiger partial charge in [0.05, 0.1) is 0 Å². The number of amides is 2. The number of carbonyl (C=O) groups excluding carboxylic acids is 1. The van der Waals surface area contributed by atoms with Crippen LogP contribution in [0.5, 0.6) is 0 Å². The highest BCUT2D eigenvalue weighted by Crippen LogP contribution is 2.19. The molecular weight excluding hydrogens is 303 g/mol. The molecule has 116 valence electrons. The summed E-state index contributed by atoms with van der Waals surface area (Å²) >= 11 is 1.60. The number of aromatic nitrogens is 1. The maximum atomic E-state index is 13.2. The van der Waals surface area contributed by atoms with Crippen LogP contribution in [0.15, 0.2) is 29.8 Å². The van der Waals surface area contributed by atoms with E-state index in [1.807, 2.05) is 5.38 Å². The molecule has 0 radical (unpaired) electrons. The molecule has 1 saturated heterocycles. The quantitative estimate of drug-likeness (QED) is 0.925. The van der Waals surface area contributed by atoms with Crippen LogP contribution in [-0.2, 0) is 0 Å². The number of anilines is 2. The highest BCUT2D eigenvalue weighted by atomic mass is 32.1. The van der Waals surface area contributed by atoms with Gasteiger partial charge in [0.15, 0.2) is 5.13 Å². The molecule has 7 heteroatoms. The Balaban J connectivity index is 1.56. The van der Waals surface area contributed by atoms with Crippen molar-refractivity contribution in [2.75, 3.05) is 36.4 Å². The third kappa shape index (κ3) is 3.19. The van der Waals surface area contributed by atoms with Gasteiger partial charge in [0.25, 0.3) is 0 Å². The number of halogens is 1. The minimum atomic E-state index is -0.268. The Bertz CT molecular complexity index is 654. The van der Waals surface area contributed by atoms with Crippen molar-refractivity contribution in [3.05, 3.63) is 41.2 Å². The Hall–Kier alpha value is -2.15. The van der Waals surface area contributed by atoms with E-state index in [0.717, 1.165) is 18.2 Å². The second kappa shape index (κ2) is 6.31. The van der Waals surface area contributed by atoms with Gasteiger partial charge in [-0.15, -0.1) is 11.3 Å². The first-order valence-corrected chi connectivity index (χ1v) is 7.98. The zero-order valence-corrected chi connectivity index (χ0v) is 13.1. The second-order valence-corrected chi connectivity index (χ2v) is 6.06. The highest BCUT2D eigenvalue weighted by Gasteiger charge is 2.22. The number of aryl methyl sites for hydroxylation is 1. The van der Waals surface area contributed by atoms with Crippen LogP contribution in [-0.4, -0.2) is 42.1 Å². The lowest BCUT2D eigenvalue weighted by molar-refractivity contribution is 0.208. The van der Waals surface area contributed by atoms with Gasteiger partial charge in [-0.05, 0) is 30.7 Å². The Kier molecular flexibility index (Phi) is 4.24. The van der Waals surface area contributed by atoms with Gasteiger partial charge in [0.2, 0.25) is 0 Å². The first kappa shape index (κ1) is 14.8. The SMILES string of the molecule is Cc1cc(NC(=O)N2CCN(c3nccs3)CC2)ccc1F. The molecule has 22 heavy (non-hydrogen) atoms. The predicted octanol–water partition coefficient (Wildman–Crippen LogP) is 2.94. The number of nitrogens with zero attached hydrogens (tertiary/aromatic N) is 3. The maximum absolute atomic E-state index is 13.2. The van der Waals surface area contributed by atoms with Gasteiger partial charge in [-0.2, -0.15) is 0 Å². The van der Waals surface area contributed by atoms with Crippen molar-refractivity contribution < 1.29 is 9.18 Å². The van der Waals surface area contributed by atoms with E-state index < -0.39 is 0 Å². The number of carbonyl (C=O) groups is 1. The molecular formula is C15H17FN4OS. The molecule has 5 nitrogen and oxygen atoms in total. The lowest BCUT2D eigenvalue weighted by atomic mass is 10.2. The number of nitrogens with one attached hydrogen (secondary N) is 1. The fourth-order valence-corrected chi connectivity index (χ4v) is 3.09. The molecule has 2 aromatic rings. The van der Waals surface area contributed by atoms with Gasteiger partial charge in [-0.25, -0.2) is 14.2 Å². The van der Waals surface area contributed by atoms with Gasteiger partial charge in [-0.1, -0.05) is 0 Å². The van der Waals surface area contributed by atoms with Crippen LogP contribution in [0.25, 0.3) is 0 Å². The summed E-state index contributed by atoms with van der Waals surface area (Å²) in [4.78, 5) is 20.5. The molecule has 1 aromatic carbocycles. The lowest BCUT2D eigenvalue weighted by Gasteiger charge is -2.34. The molecule has 1 aliphatic heterocycles. The summed E-state index contributed by atoms with van der Waals surface area (Å²) in [6, 6.07) is 4.43. The summed E-state index contributed by atoms with van der Waals surface area (Å²) in [5, 5.41) is 5.76. The van der Waals surface area contributed by atoms with Crippen LogP contribution in [0.1, 0.15) is 5.56 Å². The monoisotopic (exact) mass is 320 g/mol. The summed E-state index contributed by atoms with van der Waals surface area (Å²) in [5.74, 6) is -0.268. The average Bonchev–Trinajstić information content (AvgIpc) is 3.05. The first-order valence-electron chi connectivity index (χ1n) is 7.10. The topological polar surface area (TPSA) is 48.5 Å². The van der Waals surface area contributed by atoms with Crippen LogP contribution in [0.4, 0.5) is 20.0 Å². The average molecular weight is 320 g/mol. The molecule has 2 heterocycles. The second-order valence-electron chi connectivity index (χ2n) is 5.18. The smallest absolute Gasteiger partial charge is 0.321 e. The van der Waals surface area contributed by atoms with E-state index in [0.29, 0.717) is 24.3 Å². The standard InChI is InChI=1S/C15H17FN4OS/c1-11-10-12(2-3-13(11)16)18-14(21)19-5-7-20(8-6-19)15-17-4-9-22-15/h2-4,9-10H,5-8H2,1H3,(H,18,21). The van der Waals surface area contributed by atoms with Crippen LogP contribution < -0.4 is 10.2 Å². The highest BCUT2D eigenvalue weighted by molar-refractivity contribution is 7.13. The fourth-order valence-electron chi connectivity index (χ4n) is 2.40. The molecule has 3 rings (SSSR count). The van der Waals surface area contributed by atoms with E-state index in [2.05, 4.69) is 15.2 Å². The van der Waals surface area contributed by atoms with Crippen molar-refractivity contribution in [1.29, 1.82) is 0 Å². The third-order valence-electron chi connectivity index (χ3n) is 3.67. The van der Waals surface area contributed by atoms with E-state index in [1.54, 1.807) is 41.5 Å². The van der Waals surface area contributed by atoms with Crippen molar-refractivity contribution in [2.45, 2.75) is 6.92 Å². The fraction of sp³-hybridized carbons (Fsp3) is 0.333. The predicted molar refractivity (Wildman–Crippen MR) is 86.1 cm³/mol. The van der Waals surface area contributed by atoms with E-state index in [9.17, 15) is 9.18 Å². The van der Waals surface area contributed by atoms with Crippen LogP contribution in [0.2, 0.25) is 0 Å². The third-order valence-corrected chi connectivity index (χ3v) is 4.50. The van der Waals surface area contributed by atoms with Crippen LogP contribution in [0.3, 0.4) is 0 Å². The van der Waals surface area contributed by atoms with Crippen molar-refractivity contribution in [3.63, 3.8) is 0 Å². The molecule has 0 saturated carbocycles. The molecule has 1 N–H and O–H groups in total. The summed E-state index contributed by atoms with van der Waals surface area (Å²) in [5.41, 5.74) is 1.14. The van der Waals surface area contributed by atoms with Gasteiger partial charge in [0.1, 0.15) is 5.82 Å². The largest absolute Gasteiger partial charge is 0.345 e. The number of thiazole rings is 1. The number of hydrogen-bond donors (Lipinski definition) is 1. The van der Waals surface area contributed by atoms with Crippen molar-refractivity contribution in [2.24, 2.45) is 0 Å². The molecule has 0 aliphatic carbocycles. The Morgan fingerprint density at radius 3 is 2.73 bits per heavy atom. The van der Waals surface area contributed by atoms with Gasteiger partial charge in [-0.3, -0.25) is 0 Å². The van der Waals surface area contributed by atoms with E-state index in [-0.39, 0.29) is 11.8 Å². The van der Waals surface area contributed by atoms with E-state index in [1.165, 1.54) is 6.07 Å². The Morgan fingerprint density at radius 1 is 1.32 bits per heavy atom. The Morgan fingerprint density at radius 2 is 2.09 bits per heavy atom. The van der Waals surface area contributed by atoms with Gasteiger partial charge >= 0.3 is 6.03 Å². The van der Waals surface area contributed by atoms with Crippen molar-refractivity contribution in [3.8, 4) is 0 Å². The molecule has 0 unspecified atom stereocenters.